The number of ketones is 7. The summed E-state index contributed by atoms with van der Waals surface area (Å²) in [6.07, 6.45) is 10.9. The Labute approximate surface area is 691 Å². The third-order valence-electron chi connectivity index (χ3n) is 20.8. The van der Waals surface area contributed by atoms with Gasteiger partial charge in [0.25, 0.3) is 0 Å². The Morgan fingerprint density at radius 2 is 0.861 bits per heavy atom. The maximum Gasteiger partial charge on any atom is 0.311 e. The first-order chi connectivity index (χ1) is 53.2. The van der Waals surface area contributed by atoms with Crippen molar-refractivity contribution in [3.05, 3.63) is 226 Å². The van der Waals surface area contributed by atoms with Crippen LogP contribution in [0.5, 0.6) is 0 Å². The van der Waals surface area contributed by atoms with Gasteiger partial charge in [-0.25, -0.2) is 0 Å². The van der Waals surface area contributed by atoms with Gasteiger partial charge in [-0.05, 0) is 142 Å². The van der Waals surface area contributed by atoms with Crippen LogP contribution >= 0.6 is 0 Å². The van der Waals surface area contributed by atoms with E-state index in [1.165, 1.54) is 51.8 Å². The van der Waals surface area contributed by atoms with Crippen molar-refractivity contribution in [1.82, 2.24) is 15.6 Å². The monoisotopic (exact) mass is 1570 g/mol. The van der Waals surface area contributed by atoms with Gasteiger partial charge in [0.1, 0.15) is 12.4 Å². The van der Waals surface area contributed by atoms with Gasteiger partial charge in [0.05, 0.1) is 23.5 Å². The standard InChI is InChI=1S/C19H20O2.C14H19NO.C13H17NO.C12H16O.C11H15NO.C11H21NO.C11H14O.C10H19NO/c1-19(2,3)18(20)21-12-17-15-10-6-4-8-13(15)14-9-5-7-11-16(14)17;1-14(2,3)13(16)12-8-10-6-4-5-7-11(10)9-15-12;1-13(2,3)12(15)11-8-9-6-4-5-7-10(9)14-11;1-9-7-5-6-8-10(9)11(13)12(2,3)4;1-8-9(6-5-7-12-8)10(13)11(2,3)4;1-11(2,3)10(13)8-5-4-6-9(12)7-8;1-11(2,3)10(12)9-7-5-4-6-8-9;1-10(2,3)9(12)8-6-4-5-7-11-8/h4-11,17H,12H2,1-3H3;4-7,12,15H,8-9H2,1-3H3;4-7,11,14H,8H2,1-3H3;5-8H,1-4H3;5-7H,1-4H3;8-9H,4-7,12H2,1-3H3;4-8H,1-3H3;8,11H,4-7H2,1-3H3. The van der Waals surface area contributed by atoms with E-state index in [0.29, 0.717) is 29.7 Å². The topological polar surface area (TPSA) is 221 Å². The molecule has 14 nitrogen and oxygen atoms in total. The second-order valence-electron chi connectivity index (χ2n) is 39.7. The number of esters is 1. The number of fused-ring (bicyclic) bond motifs is 5. The van der Waals surface area contributed by atoms with Gasteiger partial charge in [-0.3, -0.25) is 43.3 Å². The van der Waals surface area contributed by atoms with Crippen LogP contribution in [0.25, 0.3) is 11.1 Å². The number of carbonyl (C=O) groups is 8. The van der Waals surface area contributed by atoms with E-state index in [1.54, 1.807) is 12.3 Å². The smallest absolute Gasteiger partial charge is 0.311 e. The zero-order valence-electron chi connectivity index (χ0n) is 74.8. The summed E-state index contributed by atoms with van der Waals surface area (Å²) >= 11 is 0. The molecule has 2 fully saturated rings. The van der Waals surface area contributed by atoms with Crippen LogP contribution in [0, 0.1) is 63.1 Å². The Hall–Kier alpha value is -8.69. The minimum atomic E-state index is -0.461. The summed E-state index contributed by atoms with van der Waals surface area (Å²) in [5.41, 5.74) is 17.8. The van der Waals surface area contributed by atoms with E-state index in [4.69, 9.17) is 10.5 Å². The predicted octanol–water partition coefficient (Wildman–Crippen LogP) is 22.0. The lowest BCUT2D eigenvalue weighted by molar-refractivity contribution is -0.153. The number of Topliss-reactive ketones (excluding diaryl/α,β-unsaturated/α-hetero) is 7. The van der Waals surface area contributed by atoms with Gasteiger partial charge in [-0.2, -0.15) is 0 Å². The average molecular weight is 1570 g/mol. The summed E-state index contributed by atoms with van der Waals surface area (Å²) in [5, 5.41) is 9.90. The maximum absolute atomic E-state index is 12.2. The number of pyridine rings is 1. The van der Waals surface area contributed by atoms with Crippen LogP contribution in [0.3, 0.4) is 0 Å². The molecule has 5 N–H and O–H groups in total. The lowest BCUT2D eigenvalue weighted by atomic mass is 9.75. The highest BCUT2D eigenvalue weighted by molar-refractivity contribution is 6.02. The average Bonchev–Trinajstić information content (AvgIpc) is 1.62. The SMILES string of the molecule is CC(C)(C)C(=O)C1CCCC(N)C1.CC(C)(C)C(=O)C1CCCCN1.CC(C)(C)C(=O)C1Cc2ccccc2CN1.CC(C)(C)C(=O)C1Cc2ccccc2N1.CC(C)(C)C(=O)OCC1c2ccccc2-c2ccccc21.CC(C)(C)C(=O)c1ccccc1.Cc1ccccc1C(=O)C(C)(C)C.Cc1ncccc1C(=O)C(C)(C)C. The van der Waals surface area contributed by atoms with Gasteiger partial charge in [0.2, 0.25) is 0 Å². The Morgan fingerprint density at radius 3 is 1.35 bits per heavy atom. The van der Waals surface area contributed by atoms with Crippen LogP contribution in [0.15, 0.2) is 170 Å². The Kier molecular flexibility index (Phi) is 35.3. The molecule has 4 heterocycles. The summed E-state index contributed by atoms with van der Waals surface area (Å²) in [7, 11) is 0. The lowest BCUT2D eigenvalue weighted by Crippen LogP contribution is -2.46. The largest absolute Gasteiger partial charge is 0.464 e. The predicted molar refractivity (Wildman–Crippen MR) is 474 cm³/mol. The fourth-order valence-corrected chi connectivity index (χ4v) is 14.0. The maximum atomic E-state index is 12.2. The van der Waals surface area contributed by atoms with Crippen molar-refractivity contribution in [2.75, 3.05) is 18.5 Å². The molecule has 0 amide bonds. The molecular weight excluding hydrogens is 1430 g/mol. The second kappa shape index (κ2) is 41.9. The quantitative estimate of drug-likeness (QED) is 0.0780. The van der Waals surface area contributed by atoms with Crippen LogP contribution in [0.1, 0.15) is 287 Å². The number of piperidine rings is 1. The Morgan fingerprint density at radius 1 is 0.409 bits per heavy atom. The second-order valence-corrected chi connectivity index (χ2v) is 39.7. The molecule has 0 bridgehead atoms. The molecule has 14 heteroatoms. The van der Waals surface area contributed by atoms with Crippen molar-refractivity contribution in [1.29, 1.82) is 0 Å². The number of hydrogen-bond donors (Lipinski definition) is 4. The number of aromatic nitrogens is 1. The first kappa shape index (κ1) is 96.9. The first-order valence-electron chi connectivity index (χ1n) is 41.6. The van der Waals surface area contributed by atoms with E-state index in [-0.39, 0.29) is 97.2 Å². The minimum Gasteiger partial charge on any atom is -0.464 e. The number of anilines is 1. The zero-order valence-corrected chi connectivity index (χ0v) is 74.8. The third-order valence-corrected chi connectivity index (χ3v) is 20.8. The summed E-state index contributed by atoms with van der Waals surface area (Å²) in [5.74, 6) is 2.13. The molecule has 6 aromatic carbocycles. The molecule has 115 heavy (non-hydrogen) atoms. The molecule has 5 atom stereocenters. The van der Waals surface area contributed by atoms with E-state index < -0.39 is 5.41 Å². The molecular formula is C101H141N5O9. The molecule has 1 saturated carbocycles. The van der Waals surface area contributed by atoms with Crippen molar-refractivity contribution in [3.8, 4) is 11.1 Å². The van der Waals surface area contributed by atoms with Crippen molar-refractivity contribution in [3.63, 3.8) is 0 Å². The minimum absolute atomic E-state index is 0.0186. The van der Waals surface area contributed by atoms with Crippen LogP contribution in [-0.2, 0) is 48.1 Å². The van der Waals surface area contributed by atoms with E-state index in [9.17, 15) is 38.4 Å². The van der Waals surface area contributed by atoms with Crippen LogP contribution in [-0.4, -0.2) is 88.8 Å². The Balaban J connectivity index is 0.000000236. The number of carbonyl (C=O) groups excluding carboxylic acids is 8. The number of ether oxygens (including phenoxy) is 1. The Bertz CT molecular complexity index is 4240. The number of hydrogen-bond acceptors (Lipinski definition) is 14. The number of aryl methyl sites for hydroxylation is 2. The fraction of sp³-hybridized carbons (Fsp3) is 0.515. The van der Waals surface area contributed by atoms with Crippen LogP contribution in [0.4, 0.5) is 5.69 Å². The highest BCUT2D eigenvalue weighted by atomic mass is 16.5. The molecule has 0 spiro atoms. The fourth-order valence-electron chi connectivity index (χ4n) is 14.0. The number of benzene rings is 6. The molecule has 1 saturated heterocycles. The molecule has 12 rings (SSSR count). The van der Waals surface area contributed by atoms with Gasteiger partial charge < -0.3 is 26.4 Å². The van der Waals surface area contributed by atoms with E-state index in [1.807, 2.05) is 283 Å². The summed E-state index contributed by atoms with van der Waals surface area (Å²) in [6.45, 7) is 52.9. The van der Waals surface area contributed by atoms with Crippen LogP contribution < -0.4 is 21.7 Å². The van der Waals surface area contributed by atoms with Crippen molar-refractivity contribution >= 4 is 52.1 Å². The molecule has 7 aromatic rings. The van der Waals surface area contributed by atoms with E-state index in [2.05, 4.69) is 75.5 Å². The number of para-hydroxylation sites is 1. The van der Waals surface area contributed by atoms with Gasteiger partial charge in [-0.1, -0.05) is 304 Å². The highest BCUT2D eigenvalue weighted by Gasteiger charge is 2.37. The van der Waals surface area contributed by atoms with Crippen molar-refractivity contribution in [2.45, 2.75) is 274 Å². The molecule has 5 unspecified atom stereocenters. The molecule has 5 aliphatic rings. The summed E-state index contributed by atoms with van der Waals surface area (Å²) in [6, 6.07) is 54.3. The molecule has 0 radical (unpaired) electrons. The van der Waals surface area contributed by atoms with Gasteiger partial charge >= 0.3 is 5.97 Å². The van der Waals surface area contributed by atoms with Crippen molar-refractivity contribution < 1.29 is 43.1 Å². The number of nitrogens with one attached hydrogen (secondary N) is 3. The number of rotatable bonds is 9. The molecule has 624 valence electrons. The number of nitrogens with zero attached hydrogens (tertiary/aromatic N) is 1. The van der Waals surface area contributed by atoms with Gasteiger partial charge in [-0.15, -0.1) is 0 Å². The zero-order chi connectivity index (χ0) is 86.4. The summed E-state index contributed by atoms with van der Waals surface area (Å²) < 4.78 is 5.57. The van der Waals surface area contributed by atoms with Crippen molar-refractivity contribution in [2.24, 2.45) is 55.0 Å². The normalized spacial score (nSPS) is 17.7. The molecule has 2 aliphatic carbocycles. The summed E-state index contributed by atoms with van der Waals surface area (Å²) in [4.78, 5) is 99.4. The highest BCUT2D eigenvalue weighted by Crippen LogP contribution is 2.45. The number of nitrogens with two attached hydrogens (primary N) is 1. The van der Waals surface area contributed by atoms with E-state index in [0.717, 1.165) is 91.7 Å². The third kappa shape index (κ3) is 30.1. The van der Waals surface area contributed by atoms with Gasteiger partial charge in [0, 0.05) is 103 Å². The lowest BCUT2D eigenvalue weighted by Gasteiger charge is -2.30. The van der Waals surface area contributed by atoms with E-state index >= 15 is 0 Å². The van der Waals surface area contributed by atoms with Gasteiger partial charge in [0.15, 0.2) is 34.7 Å². The molecule has 3 aliphatic heterocycles. The first-order valence-corrected chi connectivity index (χ1v) is 41.6. The van der Waals surface area contributed by atoms with Crippen LogP contribution in [0.2, 0.25) is 0 Å². The molecule has 1 aromatic heterocycles.